The van der Waals surface area contributed by atoms with Gasteiger partial charge in [0.15, 0.2) is 0 Å². The lowest BCUT2D eigenvalue weighted by atomic mass is 9.85. The summed E-state index contributed by atoms with van der Waals surface area (Å²) in [6.07, 6.45) is 0. The Morgan fingerprint density at radius 2 is 0.717 bits per heavy atom. The van der Waals surface area contributed by atoms with Crippen LogP contribution < -0.4 is 0 Å². The van der Waals surface area contributed by atoms with E-state index in [9.17, 15) is 0 Å². The van der Waals surface area contributed by atoms with Crippen LogP contribution in [0.4, 0.5) is 0 Å². The smallest absolute Gasteiger partial charge is 0.00262 e. The Balaban J connectivity index is 1.22. The summed E-state index contributed by atoms with van der Waals surface area (Å²) in [5.41, 5.74) is 9.98. The van der Waals surface area contributed by atoms with Crippen LogP contribution in [-0.2, 0) is 0 Å². The Labute approximate surface area is 268 Å². The third-order valence-corrected chi connectivity index (χ3v) is 9.46. The van der Waals surface area contributed by atoms with E-state index < -0.39 is 0 Å². The molecular formula is C46H30. The fourth-order valence-electron chi connectivity index (χ4n) is 7.34. The zero-order valence-corrected chi connectivity index (χ0v) is 25.3. The largest absolute Gasteiger partial charge is 0.0622 e. The molecule has 0 spiro atoms. The average molecular weight is 583 g/mol. The van der Waals surface area contributed by atoms with E-state index in [1.54, 1.807) is 0 Å². The molecule has 0 nitrogen and oxygen atoms in total. The van der Waals surface area contributed by atoms with Gasteiger partial charge in [0.05, 0.1) is 0 Å². The highest BCUT2D eigenvalue weighted by molar-refractivity contribution is 6.21. The van der Waals surface area contributed by atoms with Crippen LogP contribution in [-0.4, -0.2) is 0 Å². The number of hydrogen-bond acceptors (Lipinski definition) is 0. The third-order valence-electron chi connectivity index (χ3n) is 9.46. The minimum Gasteiger partial charge on any atom is -0.0622 e. The van der Waals surface area contributed by atoms with Crippen molar-refractivity contribution < 1.29 is 0 Å². The van der Waals surface area contributed by atoms with Gasteiger partial charge in [-0.1, -0.05) is 176 Å². The first-order chi connectivity index (χ1) is 22.8. The van der Waals surface area contributed by atoms with Crippen molar-refractivity contribution in [2.75, 3.05) is 0 Å². The molecule has 0 fully saturated rings. The second-order valence-electron chi connectivity index (χ2n) is 12.1. The molecule has 0 bridgehead atoms. The van der Waals surface area contributed by atoms with E-state index in [4.69, 9.17) is 0 Å². The van der Waals surface area contributed by atoms with Crippen molar-refractivity contribution in [3.8, 4) is 44.5 Å². The minimum absolute atomic E-state index is 1.23. The van der Waals surface area contributed by atoms with E-state index in [0.717, 1.165) is 0 Å². The highest BCUT2D eigenvalue weighted by Gasteiger charge is 2.17. The van der Waals surface area contributed by atoms with E-state index in [-0.39, 0.29) is 0 Å². The van der Waals surface area contributed by atoms with Gasteiger partial charge in [-0.25, -0.2) is 0 Å². The van der Waals surface area contributed by atoms with E-state index in [1.165, 1.54) is 87.6 Å². The molecule has 0 heteroatoms. The average Bonchev–Trinajstić information content (AvgIpc) is 3.14. The van der Waals surface area contributed by atoms with E-state index in [0.29, 0.717) is 0 Å². The number of fused-ring (bicyclic) bond motifs is 5. The highest BCUT2D eigenvalue weighted by atomic mass is 14.2. The minimum atomic E-state index is 1.23. The summed E-state index contributed by atoms with van der Waals surface area (Å²) in [7, 11) is 0. The molecule has 0 N–H and O–H groups in total. The summed E-state index contributed by atoms with van der Waals surface area (Å²) in [5.74, 6) is 0. The standard InChI is InChI=1S/C46H30/c1-2-12-31(13-3-1)35-15-10-16-36(30-35)46-43-20-8-6-18-41(43)45(42-19-7-9-21-44(42)46)34-26-24-33(25-27-34)38-22-11-23-39-37-17-5-4-14-32(37)28-29-40(38)39/h1-30H. The maximum absolute atomic E-state index is 2.34. The van der Waals surface area contributed by atoms with E-state index in [1.807, 2.05) is 0 Å². The molecule has 0 aliphatic heterocycles. The van der Waals surface area contributed by atoms with E-state index in [2.05, 4.69) is 182 Å². The molecule has 0 unspecified atom stereocenters. The van der Waals surface area contributed by atoms with Crippen molar-refractivity contribution in [2.45, 2.75) is 0 Å². The van der Waals surface area contributed by atoms with Crippen LogP contribution in [0.5, 0.6) is 0 Å². The fraction of sp³-hybridized carbons (Fsp3) is 0. The Bertz CT molecular complexity index is 2500. The number of rotatable bonds is 4. The molecule has 0 aromatic heterocycles. The fourth-order valence-corrected chi connectivity index (χ4v) is 7.34. The van der Waals surface area contributed by atoms with Crippen molar-refractivity contribution in [1.29, 1.82) is 0 Å². The van der Waals surface area contributed by atoms with Crippen molar-refractivity contribution in [1.82, 2.24) is 0 Å². The lowest BCUT2D eigenvalue weighted by Crippen LogP contribution is -1.91. The van der Waals surface area contributed by atoms with Crippen LogP contribution in [0.25, 0.3) is 87.6 Å². The Kier molecular flexibility index (Phi) is 6.25. The third kappa shape index (κ3) is 4.30. The Morgan fingerprint density at radius 1 is 0.217 bits per heavy atom. The number of benzene rings is 9. The molecule has 9 aromatic rings. The van der Waals surface area contributed by atoms with Crippen molar-refractivity contribution >= 4 is 43.1 Å². The quantitative estimate of drug-likeness (QED) is 0.143. The van der Waals surface area contributed by atoms with Gasteiger partial charge >= 0.3 is 0 Å². The molecule has 0 amide bonds. The monoisotopic (exact) mass is 582 g/mol. The van der Waals surface area contributed by atoms with Crippen LogP contribution in [0.1, 0.15) is 0 Å². The van der Waals surface area contributed by atoms with Gasteiger partial charge in [-0.15, -0.1) is 0 Å². The maximum atomic E-state index is 2.34. The van der Waals surface area contributed by atoms with Gasteiger partial charge in [-0.05, 0) is 93.7 Å². The summed E-state index contributed by atoms with van der Waals surface area (Å²) in [6, 6.07) is 66.5. The summed E-state index contributed by atoms with van der Waals surface area (Å²) in [6.45, 7) is 0. The molecule has 0 aliphatic carbocycles. The lowest BCUT2D eigenvalue weighted by Gasteiger charge is -2.18. The molecule has 0 heterocycles. The van der Waals surface area contributed by atoms with Gasteiger partial charge in [0, 0.05) is 0 Å². The van der Waals surface area contributed by atoms with Gasteiger partial charge in [-0.2, -0.15) is 0 Å². The van der Waals surface area contributed by atoms with Crippen LogP contribution >= 0.6 is 0 Å². The van der Waals surface area contributed by atoms with Gasteiger partial charge in [0.2, 0.25) is 0 Å². The highest BCUT2D eigenvalue weighted by Crippen LogP contribution is 2.44. The predicted octanol–water partition coefficient (Wildman–Crippen LogP) is 13.0. The Hall–Kier alpha value is -5.98. The van der Waals surface area contributed by atoms with Gasteiger partial charge < -0.3 is 0 Å². The van der Waals surface area contributed by atoms with Crippen LogP contribution in [0, 0.1) is 0 Å². The predicted molar refractivity (Wildman–Crippen MR) is 198 cm³/mol. The van der Waals surface area contributed by atoms with Crippen molar-refractivity contribution in [2.24, 2.45) is 0 Å². The molecule has 9 aromatic carbocycles. The van der Waals surface area contributed by atoms with Crippen LogP contribution in [0.15, 0.2) is 182 Å². The molecule has 46 heavy (non-hydrogen) atoms. The molecule has 0 aliphatic rings. The zero-order valence-electron chi connectivity index (χ0n) is 25.3. The first-order valence-electron chi connectivity index (χ1n) is 15.9. The number of hydrogen-bond donors (Lipinski definition) is 0. The lowest BCUT2D eigenvalue weighted by molar-refractivity contribution is 1.61. The van der Waals surface area contributed by atoms with E-state index >= 15 is 0 Å². The second kappa shape index (κ2) is 10.9. The summed E-state index contributed by atoms with van der Waals surface area (Å²) in [4.78, 5) is 0. The maximum Gasteiger partial charge on any atom is -0.00262 e. The normalized spacial score (nSPS) is 11.5. The van der Waals surface area contributed by atoms with Crippen LogP contribution in [0.3, 0.4) is 0 Å². The SMILES string of the molecule is c1ccc(-c2cccc(-c3c4ccccc4c(-c4ccc(-c5cccc6c5ccc5ccccc56)cc4)c4ccccc34)c2)cc1. The molecule has 0 radical (unpaired) electrons. The summed E-state index contributed by atoms with van der Waals surface area (Å²) >= 11 is 0. The molecule has 0 atom stereocenters. The molecule has 9 rings (SSSR count). The zero-order chi connectivity index (χ0) is 30.5. The molecule has 0 saturated carbocycles. The second-order valence-corrected chi connectivity index (χ2v) is 12.1. The van der Waals surface area contributed by atoms with Crippen molar-refractivity contribution in [3.05, 3.63) is 182 Å². The van der Waals surface area contributed by atoms with Crippen molar-refractivity contribution in [3.63, 3.8) is 0 Å². The summed E-state index contributed by atoms with van der Waals surface area (Å²) < 4.78 is 0. The Morgan fingerprint density at radius 3 is 1.41 bits per heavy atom. The van der Waals surface area contributed by atoms with Gasteiger partial charge in [0.25, 0.3) is 0 Å². The molecular weight excluding hydrogens is 553 g/mol. The molecule has 214 valence electrons. The van der Waals surface area contributed by atoms with Gasteiger partial charge in [-0.3, -0.25) is 0 Å². The van der Waals surface area contributed by atoms with Crippen LogP contribution in [0.2, 0.25) is 0 Å². The first kappa shape index (κ1) is 26.4. The molecule has 0 saturated heterocycles. The van der Waals surface area contributed by atoms with Gasteiger partial charge in [0.1, 0.15) is 0 Å². The summed E-state index contributed by atoms with van der Waals surface area (Å²) in [5, 5.41) is 10.2. The topological polar surface area (TPSA) is 0 Å². The first-order valence-corrected chi connectivity index (χ1v) is 15.9.